The van der Waals surface area contributed by atoms with Gasteiger partial charge in [-0.3, -0.25) is 9.59 Å². The van der Waals surface area contributed by atoms with Gasteiger partial charge in [-0.15, -0.1) is 13.2 Å². The van der Waals surface area contributed by atoms with E-state index in [0.717, 1.165) is 22.7 Å². The van der Waals surface area contributed by atoms with Crippen molar-refractivity contribution in [2.24, 2.45) is 5.10 Å². The van der Waals surface area contributed by atoms with Crippen LogP contribution in [0.4, 0.5) is 18.9 Å². The molecule has 0 saturated carbocycles. The molecule has 3 rings (SSSR count). The number of anilines is 1. The maximum absolute atomic E-state index is 12.6. The number of rotatable bonds is 5. The van der Waals surface area contributed by atoms with Gasteiger partial charge in [-0.2, -0.15) is 5.10 Å². The second-order valence-electron chi connectivity index (χ2n) is 6.50. The molecule has 2 aromatic carbocycles. The first kappa shape index (κ1) is 21.6. The van der Waals surface area contributed by atoms with E-state index in [0.29, 0.717) is 22.8 Å². The molecule has 0 spiro atoms. The highest BCUT2D eigenvalue weighted by Gasteiger charge is 2.31. The molecule has 0 N–H and O–H groups in total. The van der Waals surface area contributed by atoms with Crippen LogP contribution in [0.3, 0.4) is 0 Å². The fraction of sp³-hybridized carbons (Fsp3) is 0.250. The topological polar surface area (TPSA) is 62.2 Å². The number of amides is 2. The lowest BCUT2D eigenvalue weighted by atomic mass is 10.0. The Balaban J connectivity index is 1.69. The summed E-state index contributed by atoms with van der Waals surface area (Å²) in [5, 5.41) is 5.98. The second-order valence-corrected chi connectivity index (χ2v) is 6.94. The van der Waals surface area contributed by atoms with Crippen LogP contribution in [0.15, 0.2) is 53.6 Å². The summed E-state index contributed by atoms with van der Waals surface area (Å²) in [6.45, 7) is -0.298. The van der Waals surface area contributed by atoms with Crippen molar-refractivity contribution in [1.29, 1.82) is 0 Å². The molecule has 0 unspecified atom stereocenters. The van der Waals surface area contributed by atoms with Gasteiger partial charge in [0, 0.05) is 30.6 Å². The molecule has 0 bridgehead atoms. The number of hydrazone groups is 1. The number of benzene rings is 2. The van der Waals surface area contributed by atoms with Crippen LogP contribution in [0.1, 0.15) is 18.4 Å². The molecule has 0 aromatic heterocycles. The van der Waals surface area contributed by atoms with Gasteiger partial charge >= 0.3 is 6.36 Å². The molecule has 1 heterocycles. The first-order chi connectivity index (χ1) is 14.1. The summed E-state index contributed by atoms with van der Waals surface area (Å²) in [5.41, 5.74) is 1.81. The van der Waals surface area contributed by atoms with Gasteiger partial charge in [-0.05, 0) is 42.0 Å². The number of alkyl halides is 3. The van der Waals surface area contributed by atoms with Gasteiger partial charge in [-0.1, -0.05) is 23.7 Å². The van der Waals surface area contributed by atoms with Crippen LogP contribution in [0.25, 0.3) is 0 Å². The van der Waals surface area contributed by atoms with Crippen molar-refractivity contribution >= 4 is 34.8 Å². The van der Waals surface area contributed by atoms with Crippen molar-refractivity contribution in [2.45, 2.75) is 19.2 Å². The molecule has 10 heteroatoms. The van der Waals surface area contributed by atoms with E-state index in [4.69, 9.17) is 11.6 Å². The molecule has 0 saturated heterocycles. The summed E-state index contributed by atoms with van der Waals surface area (Å²) in [4.78, 5) is 26.0. The third-order valence-electron chi connectivity index (χ3n) is 4.40. The third-order valence-corrected chi connectivity index (χ3v) is 4.65. The number of nitrogens with zero attached hydrogens (tertiary/aromatic N) is 3. The van der Waals surface area contributed by atoms with Gasteiger partial charge in [0.05, 0.1) is 5.71 Å². The van der Waals surface area contributed by atoms with Crippen LogP contribution in [0.5, 0.6) is 5.75 Å². The molecule has 1 aliphatic heterocycles. The van der Waals surface area contributed by atoms with E-state index in [1.54, 1.807) is 24.3 Å². The van der Waals surface area contributed by atoms with E-state index in [2.05, 4.69) is 9.84 Å². The van der Waals surface area contributed by atoms with Crippen molar-refractivity contribution in [3.63, 3.8) is 0 Å². The van der Waals surface area contributed by atoms with E-state index < -0.39 is 18.0 Å². The van der Waals surface area contributed by atoms with E-state index in [1.807, 2.05) is 0 Å². The molecule has 30 heavy (non-hydrogen) atoms. The normalized spacial score (nSPS) is 14.4. The monoisotopic (exact) mass is 439 g/mol. The van der Waals surface area contributed by atoms with E-state index in [-0.39, 0.29) is 18.9 Å². The maximum Gasteiger partial charge on any atom is 0.573 e. The summed E-state index contributed by atoms with van der Waals surface area (Å²) in [6.07, 6.45) is -4.14. The molecule has 6 nitrogen and oxygen atoms in total. The fourth-order valence-electron chi connectivity index (χ4n) is 2.82. The lowest BCUT2D eigenvalue weighted by Crippen LogP contribution is -2.41. The van der Waals surface area contributed by atoms with Gasteiger partial charge in [0.15, 0.2) is 0 Å². The molecule has 2 amide bonds. The van der Waals surface area contributed by atoms with Crippen molar-refractivity contribution in [3.05, 3.63) is 59.1 Å². The number of carbonyl (C=O) groups excluding carboxylic acids is 2. The SMILES string of the molecule is CN(C(=O)CN1N=C(c2ccc(Cl)cc2)CCC1=O)c1ccc(OC(F)(F)F)cc1. The smallest absolute Gasteiger partial charge is 0.406 e. The van der Waals surface area contributed by atoms with Crippen molar-refractivity contribution in [2.75, 3.05) is 18.5 Å². The number of likely N-dealkylation sites (N-methyl/N-ethyl adjacent to an activating group) is 1. The minimum atomic E-state index is -4.79. The summed E-state index contributed by atoms with van der Waals surface area (Å²) in [5.74, 6) is -1.13. The Morgan fingerprint density at radius 3 is 2.37 bits per heavy atom. The third kappa shape index (κ3) is 5.50. The predicted molar refractivity (Wildman–Crippen MR) is 105 cm³/mol. The lowest BCUT2D eigenvalue weighted by molar-refractivity contribution is -0.274. The number of carbonyl (C=O) groups is 2. The first-order valence-corrected chi connectivity index (χ1v) is 9.26. The quantitative estimate of drug-likeness (QED) is 0.700. The standard InChI is InChI=1S/C20H17ClF3N3O3/c1-26(15-6-8-16(9-7-15)30-20(22,23)24)19(29)12-27-18(28)11-10-17(25-27)13-2-4-14(21)5-3-13/h2-9H,10-12H2,1H3. The predicted octanol–water partition coefficient (Wildman–Crippen LogP) is 4.23. The second kappa shape index (κ2) is 8.74. The molecule has 0 atom stereocenters. The Morgan fingerprint density at radius 1 is 1.13 bits per heavy atom. The first-order valence-electron chi connectivity index (χ1n) is 8.88. The van der Waals surface area contributed by atoms with E-state index in [1.165, 1.54) is 24.1 Å². The van der Waals surface area contributed by atoms with Crippen LogP contribution >= 0.6 is 11.6 Å². The number of halogens is 4. The van der Waals surface area contributed by atoms with Gasteiger partial charge in [0.1, 0.15) is 12.3 Å². The van der Waals surface area contributed by atoms with Crippen molar-refractivity contribution < 1.29 is 27.5 Å². The van der Waals surface area contributed by atoms with Crippen LogP contribution in [-0.2, 0) is 9.59 Å². The fourth-order valence-corrected chi connectivity index (χ4v) is 2.95. The summed E-state index contributed by atoms with van der Waals surface area (Å²) in [7, 11) is 1.46. The maximum atomic E-state index is 12.6. The van der Waals surface area contributed by atoms with Crippen LogP contribution < -0.4 is 9.64 Å². The minimum Gasteiger partial charge on any atom is -0.406 e. The Kier molecular flexibility index (Phi) is 6.31. The molecule has 2 aromatic rings. The van der Waals surface area contributed by atoms with Crippen molar-refractivity contribution in [3.8, 4) is 5.75 Å². The molecular weight excluding hydrogens is 423 g/mol. The zero-order valence-corrected chi connectivity index (χ0v) is 16.6. The zero-order chi connectivity index (χ0) is 21.9. The average Bonchev–Trinajstić information content (AvgIpc) is 2.69. The molecular formula is C20H17ClF3N3O3. The summed E-state index contributed by atoms with van der Waals surface area (Å²) >= 11 is 5.89. The van der Waals surface area contributed by atoms with Crippen LogP contribution in [-0.4, -0.2) is 42.5 Å². The molecule has 0 fully saturated rings. The number of hydrogen-bond donors (Lipinski definition) is 0. The number of hydrogen-bond acceptors (Lipinski definition) is 4. The van der Waals surface area contributed by atoms with Gasteiger partial charge < -0.3 is 9.64 Å². The van der Waals surface area contributed by atoms with E-state index in [9.17, 15) is 22.8 Å². The lowest BCUT2D eigenvalue weighted by Gasteiger charge is -2.26. The van der Waals surface area contributed by atoms with Crippen LogP contribution in [0.2, 0.25) is 5.02 Å². The number of ether oxygens (including phenoxy) is 1. The van der Waals surface area contributed by atoms with Crippen molar-refractivity contribution in [1.82, 2.24) is 5.01 Å². The Labute approximate surface area is 175 Å². The Bertz CT molecular complexity index is 960. The van der Waals surface area contributed by atoms with Gasteiger partial charge in [0.2, 0.25) is 11.8 Å². The Hall–Kier alpha value is -3.07. The molecule has 0 radical (unpaired) electrons. The highest BCUT2D eigenvalue weighted by atomic mass is 35.5. The summed E-state index contributed by atoms with van der Waals surface area (Å²) in [6, 6.07) is 11.8. The zero-order valence-electron chi connectivity index (χ0n) is 15.8. The van der Waals surface area contributed by atoms with Gasteiger partial charge in [-0.25, -0.2) is 5.01 Å². The molecule has 1 aliphatic rings. The van der Waals surface area contributed by atoms with Gasteiger partial charge in [0.25, 0.3) is 0 Å². The average molecular weight is 440 g/mol. The van der Waals surface area contributed by atoms with E-state index >= 15 is 0 Å². The highest BCUT2D eigenvalue weighted by molar-refractivity contribution is 6.30. The summed E-state index contributed by atoms with van der Waals surface area (Å²) < 4.78 is 40.6. The highest BCUT2D eigenvalue weighted by Crippen LogP contribution is 2.25. The minimum absolute atomic E-state index is 0.210. The molecule has 158 valence electrons. The molecule has 0 aliphatic carbocycles. The Morgan fingerprint density at radius 2 is 1.77 bits per heavy atom. The van der Waals surface area contributed by atoms with Crippen LogP contribution in [0, 0.1) is 0 Å². The largest absolute Gasteiger partial charge is 0.573 e.